The number of nitrogens with one attached hydrogen (secondary N) is 1. The number of amides is 1. The molecule has 0 aliphatic heterocycles. The van der Waals surface area contributed by atoms with Gasteiger partial charge in [0.15, 0.2) is 6.10 Å². The zero-order valence-electron chi connectivity index (χ0n) is 13.8. The summed E-state index contributed by atoms with van der Waals surface area (Å²) < 4.78 is 6.93. The Bertz CT molecular complexity index is 829. The van der Waals surface area contributed by atoms with E-state index in [0.717, 1.165) is 5.56 Å². The normalized spacial score (nSPS) is 11.8. The van der Waals surface area contributed by atoms with E-state index in [0.29, 0.717) is 23.5 Å². The zero-order chi connectivity index (χ0) is 17.6. The molecular weight excluding hydrogens is 318 g/mol. The number of ether oxygens (including phenoxy) is 1. The van der Waals surface area contributed by atoms with E-state index >= 15 is 0 Å². The molecule has 1 atom stereocenters. The number of anilines is 1. The van der Waals surface area contributed by atoms with E-state index in [-0.39, 0.29) is 0 Å². The standard InChI is InChI=1S/C19H19N3O3/c1-25-17-5-2-4-15(12-17)18(23)19(24)21-16-8-6-14(7-9-16)13-22-11-3-10-20-22/h2-12,18,23H,13H2,1H3,(H,21,24). The number of aromatic nitrogens is 2. The lowest BCUT2D eigenvalue weighted by Gasteiger charge is -2.13. The molecule has 6 nitrogen and oxygen atoms in total. The Morgan fingerprint density at radius 2 is 2.04 bits per heavy atom. The summed E-state index contributed by atoms with van der Waals surface area (Å²) in [6.45, 7) is 0.660. The van der Waals surface area contributed by atoms with Gasteiger partial charge in [-0.3, -0.25) is 9.48 Å². The third kappa shape index (κ3) is 4.24. The summed E-state index contributed by atoms with van der Waals surface area (Å²) in [7, 11) is 1.54. The van der Waals surface area contributed by atoms with E-state index in [4.69, 9.17) is 4.74 Å². The van der Waals surface area contributed by atoms with Gasteiger partial charge in [0.05, 0.1) is 13.7 Å². The van der Waals surface area contributed by atoms with Crippen molar-refractivity contribution in [1.82, 2.24) is 9.78 Å². The molecule has 128 valence electrons. The molecule has 1 amide bonds. The number of hydrogen-bond acceptors (Lipinski definition) is 4. The predicted molar refractivity (Wildman–Crippen MR) is 94.4 cm³/mol. The minimum Gasteiger partial charge on any atom is -0.497 e. The average Bonchev–Trinajstić information content (AvgIpc) is 3.15. The van der Waals surface area contributed by atoms with Crippen LogP contribution >= 0.6 is 0 Å². The first-order valence-electron chi connectivity index (χ1n) is 7.85. The van der Waals surface area contributed by atoms with E-state index in [1.54, 1.807) is 42.6 Å². The van der Waals surface area contributed by atoms with Crippen LogP contribution in [-0.2, 0) is 11.3 Å². The fourth-order valence-electron chi connectivity index (χ4n) is 2.45. The molecule has 6 heteroatoms. The van der Waals surface area contributed by atoms with Gasteiger partial charge < -0.3 is 15.2 Å². The molecule has 0 radical (unpaired) electrons. The molecule has 0 aliphatic carbocycles. The SMILES string of the molecule is COc1cccc(C(O)C(=O)Nc2ccc(Cn3cccn3)cc2)c1. The summed E-state index contributed by atoms with van der Waals surface area (Å²) in [4.78, 5) is 12.2. The molecule has 2 N–H and O–H groups in total. The van der Waals surface area contributed by atoms with Gasteiger partial charge in [0.1, 0.15) is 5.75 Å². The first-order chi connectivity index (χ1) is 12.2. The number of benzene rings is 2. The first kappa shape index (κ1) is 16.7. The van der Waals surface area contributed by atoms with Gasteiger partial charge >= 0.3 is 0 Å². The smallest absolute Gasteiger partial charge is 0.257 e. The van der Waals surface area contributed by atoms with E-state index in [1.807, 2.05) is 29.1 Å². The third-order valence-electron chi connectivity index (χ3n) is 3.78. The summed E-state index contributed by atoms with van der Waals surface area (Å²) in [5, 5.41) is 17.1. The molecule has 0 aliphatic rings. The Labute approximate surface area is 145 Å². The van der Waals surface area contributed by atoms with Crippen molar-refractivity contribution in [3.05, 3.63) is 78.1 Å². The van der Waals surface area contributed by atoms with Crippen molar-refractivity contribution in [2.75, 3.05) is 12.4 Å². The minimum atomic E-state index is -1.26. The average molecular weight is 337 g/mol. The molecule has 0 saturated heterocycles. The van der Waals surface area contributed by atoms with Crippen LogP contribution in [0.25, 0.3) is 0 Å². The van der Waals surface area contributed by atoms with Gasteiger partial charge in [-0.1, -0.05) is 24.3 Å². The lowest BCUT2D eigenvalue weighted by atomic mass is 10.1. The van der Waals surface area contributed by atoms with Crippen molar-refractivity contribution < 1.29 is 14.6 Å². The van der Waals surface area contributed by atoms with Crippen molar-refractivity contribution in [3.63, 3.8) is 0 Å². The van der Waals surface area contributed by atoms with E-state index in [9.17, 15) is 9.90 Å². The van der Waals surface area contributed by atoms with Crippen LogP contribution in [0.5, 0.6) is 5.75 Å². The summed E-state index contributed by atoms with van der Waals surface area (Å²) in [6.07, 6.45) is 2.35. The van der Waals surface area contributed by atoms with Gasteiger partial charge in [0, 0.05) is 18.1 Å². The third-order valence-corrected chi connectivity index (χ3v) is 3.78. The van der Waals surface area contributed by atoms with Crippen LogP contribution in [-0.4, -0.2) is 27.9 Å². The topological polar surface area (TPSA) is 76.4 Å². The number of aliphatic hydroxyl groups is 1. The second-order valence-corrected chi connectivity index (χ2v) is 5.57. The number of aliphatic hydroxyl groups excluding tert-OH is 1. The fraction of sp³-hybridized carbons (Fsp3) is 0.158. The van der Waals surface area contributed by atoms with Gasteiger partial charge in [-0.15, -0.1) is 0 Å². The second kappa shape index (κ2) is 7.63. The van der Waals surface area contributed by atoms with Crippen LogP contribution in [0.3, 0.4) is 0 Å². The molecule has 0 saturated carbocycles. The summed E-state index contributed by atoms with van der Waals surface area (Å²) in [5.74, 6) is 0.0976. The molecule has 0 bridgehead atoms. The van der Waals surface area contributed by atoms with Gasteiger partial charge in [0.25, 0.3) is 5.91 Å². The van der Waals surface area contributed by atoms with Crippen LogP contribution in [0.1, 0.15) is 17.2 Å². The summed E-state index contributed by atoms with van der Waals surface area (Å²) in [5.41, 5.74) is 2.17. The Morgan fingerprint density at radius 1 is 1.24 bits per heavy atom. The maximum Gasteiger partial charge on any atom is 0.257 e. The van der Waals surface area contributed by atoms with Crippen LogP contribution in [0, 0.1) is 0 Å². The lowest BCUT2D eigenvalue weighted by Crippen LogP contribution is -2.20. The Morgan fingerprint density at radius 3 is 2.72 bits per heavy atom. The van der Waals surface area contributed by atoms with Crippen molar-refractivity contribution in [3.8, 4) is 5.75 Å². The van der Waals surface area contributed by atoms with Gasteiger partial charge in [-0.05, 0) is 41.5 Å². The van der Waals surface area contributed by atoms with Crippen LogP contribution < -0.4 is 10.1 Å². The molecule has 0 fully saturated rings. The van der Waals surface area contributed by atoms with Crippen LogP contribution in [0.2, 0.25) is 0 Å². The number of carbonyl (C=O) groups excluding carboxylic acids is 1. The largest absolute Gasteiger partial charge is 0.497 e. The molecule has 25 heavy (non-hydrogen) atoms. The fourth-order valence-corrected chi connectivity index (χ4v) is 2.45. The minimum absolute atomic E-state index is 0.479. The molecule has 1 unspecified atom stereocenters. The molecule has 1 aromatic heterocycles. The number of carbonyl (C=O) groups is 1. The number of rotatable bonds is 6. The zero-order valence-corrected chi connectivity index (χ0v) is 13.8. The highest BCUT2D eigenvalue weighted by Crippen LogP contribution is 2.21. The van der Waals surface area contributed by atoms with Crippen molar-refractivity contribution in [1.29, 1.82) is 0 Å². The second-order valence-electron chi connectivity index (χ2n) is 5.57. The van der Waals surface area contributed by atoms with Crippen LogP contribution in [0.15, 0.2) is 67.0 Å². The van der Waals surface area contributed by atoms with Gasteiger partial charge in [0.2, 0.25) is 0 Å². The number of methoxy groups -OCH3 is 1. The van der Waals surface area contributed by atoms with E-state index < -0.39 is 12.0 Å². The Kier molecular flexibility index (Phi) is 5.11. The highest BCUT2D eigenvalue weighted by atomic mass is 16.5. The molecular formula is C19H19N3O3. The Hall–Kier alpha value is -3.12. The summed E-state index contributed by atoms with van der Waals surface area (Å²) >= 11 is 0. The van der Waals surface area contributed by atoms with Crippen molar-refractivity contribution in [2.24, 2.45) is 0 Å². The highest BCUT2D eigenvalue weighted by molar-refractivity contribution is 5.94. The number of nitrogens with zero attached hydrogens (tertiary/aromatic N) is 2. The number of hydrogen-bond donors (Lipinski definition) is 2. The monoisotopic (exact) mass is 337 g/mol. The molecule has 0 spiro atoms. The van der Waals surface area contributed by atoms with Crippen LogP contribution in [0.4, 0.5) is 5.69 Å². The first-order valence-corrected chi connectivity index (χ1v) is 7.85. The van der Waals surface area contributed by atoms with Crippen molar-refractivity contribution >= 4 is 11.6 Å². The molecule has 3 rings (SSSR count). The van der Waals surface area contributed by atoms with Gasteiger partial charge in [-0.2, -0.15) is 5.10 Å². The highest BCUT2D eigenvalue weighted by Gasteiger charge is 2.18. The van der Waals surface area contributed by atoms with E-state index in [1.165, 1.54) is 7.11 Å². The quantitative estimate of drug-likeness (QED) is 0.725. The van der Waals surface area contributed by atoms with Crippen molar-refractivity contribution in [2.45, 2.75) is 12.6 Å². The lowest BCUT2D eigenvalue weighted by molar-refractivity contribution is -0.124. The Balaban J connectivity index is 1.63. The maximum atomic E-state index is 12.2. The molecule has 2 aromatic carbocycles. The summed E-state index contributed by atoms with van der Waals surface area (Å²) in [6, 6.07) is 16.1. The predicted octanol–water partition coefficient (Wildman–Crippen LogP) is 2.61. The molecule has 1 heterocycles. The van der Waals surface area contributed by atoms with Gasteiger partial charge in [-0.25, -0.2) is 0 Å². The van der Waals surface area contributed by atoms with E-state index in [2.05, 4.69) is 10.4 Å². The maximum absolute atomic E-state index is 12.2. The molecule has 3 aromatic rings.